The lowest BCUT2D eigenvalue weighted by atomic mass is 9.74. The van der Waals surface area contributed by atoms with Crippen LogP contribution in [0, 0.1) is 0 Å². The minimum atomic E-state index is -0.880. The molecule has 98 valence electrons. The van der Waals surface area contributed by atoms with E-state index < -0.39 is 11.5 Å². The van der Waals surface area contributed by atoms with Gasteiger partial charge in [0.1, 0.15) is 0 Å². The summed E-state index contributed by atoms with van der Waals surface area (Å²) in [6.45, 7) is 0.360. The van der Waals surface area contributed by atoms with Crippen molar-refractivity contribution in [2.75, 3.05) is 0 Å². The number of thiazole rings is 1. The number of nitrogens with one attached hydrogen (secondary N) is 2. The number of carboxylic acid groups (broad SMARTS) is 1. The van der Waals surface area contributed by atoms with Crippen LogP contribution in [-0.4, -0.2) is 27.6 Å². The summed E-state index contributed by atoms with van der Waals surface area (Å²) in [4.78, 5) is 26.5. The largest absolute Gasteiger partial charge is 0.481 e. The molecule has 1 aromatic rings. The predicted molar refractivity (Wildman–Crippen MR) is 66.3 cm³/mol. The summed E-state index contributed by atoms with van der Waals surface area (Å²) in [5, 5.41) is 16.1. The number of carboxylic acids is 1. The molecule has 6 nitrogen and oxygen atoms in total. The van der Waals surface area contributed by atoms with E-state index in [9.17, 15) is 9.59 Å². The van der Waals surface area contributed by atoms with Crippen LogP contribution in [0.15, 0.2) is 10.9 Å². The predicted octanol–water partition coefficient (Wildman–Crippen LogP) is 1.34. The van der Waals surface area contributed by atoms with Crippen molar-refractivity contribution in [3.63, 3.8) is 0 Å². The fraction of sp³-hybridized carbons (Fsp3) is 0.545. The zero-order valence-electron chi connectivity index (χ0n) is 9.81. The second kappa shape index (κ2) is 5.34. The maximum atomic E-state index is 11.7. The minimum absolute atomic E-state index is 0.0167. The highest BCUT2D eigenvalue weighted by atomic mass is 32.1. The first-order valence-electron chi connectivity index (χ1n) is 5.75. The van der Waals surface area contributed by atoms with Gasteiger partial charge < -0.3 is 15.7 Å². The molecular formula is C11H15N3O3S. The van der Waals surface area contributed by atoms with E-state index in [0.29, 0.717) is 6.54 Å². The molecule has 18 heavy (non-hydrogen) atoms. The number of rotatable bonds is 5. The average Bonchev–Trinajstić information content (AvgIpc) is 2.75. The van der Waals surface area contributed by atoms with Crippen LogP contribution in [0.1, 0.15) is 31.4 Å². The Morgan fingerprint density at radius 3 is 2.78 bits per heavy atom. The van der Waals surface area contributed by atoms with Crippen molar-refractivity contribution in [1.82, 2.24) is 15.6 Å². The first-order valence-corrected chi connectivity index (χ1v) is 6.69. The topological polar surface area (TPSA) is 91.3 Å². The summed E-state index contributed by atoms with van der Waals surface area (Å²) in [5.41, 5.74) is 1.95. The second-order valence-electron chi connectivity index (χ2n) is 4.49. The second-order valence-corrected chi connectivity index (χ2v) is 5.21. The average molecular weight is 269 g/mol. The highest BCUT2D eigenvalue weighted by Crippen LogP contribution is 2.34. The highest BCUT2D eigenvalue weighted by molar-refractivity contribution is 7.07. The smallest absolute Gasteiger partial charge is 0.315 e. The third kappa shape index (κ3) is 3.19. The summed E-state index contributed by atoms with van der Waals surface area (Å²) in [7, 11) is 0. The van der Waals surface area contributed by atoms with Gasteiger partial charge in [0.15, 0.2) is 0 Å². The van der Waals surface area contributed by atoms with Crippen molar-refractivity contribution < 1.29 is 14.7 Å². The number of carbonyl (C=O) groups is 2. The van der Waals surface area contributed by atoms with Crippen molar-refractivity contribution in [1.29, 1.82) is 0 Å². The Balaban J connectivity index is 1.80. The van der Waals surface area contributed by atoms with Gasteiger partial charge >= 0.3 is 12.0 Å². The lowest BCUT2D eigenvalue weighted by Crippen LogP contribution is -2.57. The van der Waals surface area contributed by atoms with Crippen LogP contribution in [-0.2, 0) is 11.3 Å². The third-order valence-electron chi connectivity index (χ3n) is 3.09. The highest BCUT2D eigenvalue weighted by Gasteiger charge is 2.40. The van der Waals surface area contributed by atoms with Gasteiger partial charge in [-0.25, -0.2) is 9.78 Å². The lowest BCUT2D eigenvalue weighted by Gasteiger charge is -2.41. The van der Waals surface area contributed by atoms with Gasteiger partial charge in [-0.15, -0.1) is 11.3 Å². The molecule has 0 aromatic carbocycles. The van der Waals surface area contributed by atoms with Crippen molar-refractivity contribution in [2.45, 2.75) is 37.8 Å². The molecule has 1 saturated carbocycles. The summed E-state index contributed by atoms with van der Waals surface area (Å²) < 4.78 is 0. The van der Waals surface area contributed by atoms with Crippen LogP contribution >= 0.6 is 11.3 Å². The molecule has 1 heterocycles. The molecule has 0 unspecified atom stereocenters. The van der Waals surface area contributed by atoms with E-state index >= 15 is 0 Å². The fourth-order valence-electron chi connectivity index (χ4n) is 2.02. The Kier molecular flexibility index (Phi) is 3.81. The van der Waals surface area contributed by atoms with E-state index in [1.165, 1.54) is 11.3 Å². The molecule has 0 radical (unpaired) electrons. The number of carbonyl (C=O) groups excluding carboxylic acids is 1. The monoisotopic (exact) mass is 269 g/mol. The Bertz CT molecular complexity index is 429. The van der Waals surface area contributed by atoms with Gasteiger partial charge in [0, 0.05) is 5.38 Å². The van der Waals surface area contributed by atoms with E-state index in [-0.39, 0.29) is 12.5 Å². The van der Waals surface area contributed by atoms with Gasteiger partial charge in [-0.1, -0.05) is 0 Å². The summed E-state index contributed by atoms with van der Waals surface area (Å²) >= 11 is 1.47. The van der Waals surface area contributed by atoms with E-state index in [0.717, 1.165) is 25.0 Å². The molecule has 3 N–H and O–H groups in total. The third-order valence-corrected chi connectivity index (χ3v) is 3.73. The number of hydrogen-bond acceptors (Lipinski definition) is 4. The first-order chi connectivity index (χ1) is 8.60. The van der Waals surface area contributed by atoms with E-state index in [2.05, 4.69) is 15.6 Å². The number of aromatic nitrogens is 1. The van der Waals surface area contributed by atoms with Gasteiger partial charge in [-0.2, -0.15) is 0 Å². The maximum absolute atomic E-state index is 11.7. The van der Waals surface area contributed by atoms with Crippen LogP contribution in [0.5, 0.6) is 0 Å². The molecule has 0 bridgehead atoms. The Labute approximate surface area is 108 Å². The number of urea groups is 1. The molecule has 0 spiro atoms. The van der Waals surface area contributed by atoms with Crippen molar-refractivity contribution in [3.8, 4) is 0 Å². The molecule has 1 aliphatic carbocycles. The molecule has 0 saturated heterocycles. The molecule has 2 rings (SSSR count). The molecule has 1 aliphatic rings. The minimum Gasteiger partial charge on any atom is -0.481 e. The molecule has 7 heteroatoms. The number of hydrogen-bond donors (Lipinski definition) is 3. The molecule has 1 aromatic heterocycles. The molecule has 2 amide bonds. The molecule has 0 atom stereocenters. The molecule has 0 aliphatic heterocycles. The summed E-state index contributed by atoms with van der Waals surface area (Å²) in [6, 6.07) is -0.330. The normalized spacial score (nSPS) is 16.7. The fourth-order valence-corrected chi connectivity index (χ4v) is 2.58. The van der Waals surface area contributed by atoms with Crippen LogP contribution in [0.4, 0.5) is 4.79 Å². The Hall–Kier alpha value is -1.63. The van der Waals surface area contributed by atoms with Gasteiger partial charge in [0.2, 0.25) is 0 Å². The van der Waals surface area contributed by atoms with Crippen LogP contribution < -0.4 is 10.6 Å². The Morgan fingerprint density at radius 1 is 1.50 bits per heavy atom. The lowest BCUT2D eigenvalue weighted by molar-refractivity contribution is -0.139. The molecule has 1 fully saturated rings. The summed E-state index contributed by atoms with van der Waals surface area (Å²) in [6.07, 6.45) is 2.39. The van der Waals surface area contributed by atoms with Gasteiger partial charge in [0.25, 0.3) is 0 Å². The maximum Gasteiger partial charge on any atom is 0.315 e. The van der Waals surface area contributed by atoms with E-state index in [1.807, 2.05) is 5.38 Å². The molecular weight excluding hydrogens is 254 g/mol. The number of nitrogens with zero attached hydrogens (tertiary/aromatic N) is 1. The van der Waals surface area contributed by atoms with Crippen LogP contribution in [0.3, 0.4) is 0 Å². The van der Waals surface area contributed by atoms with Crippen LogP contribution in [0.25, 0.3) is 0 Å². The van der Waals surface area contributed by atoms with Crippen molar-refractivity contribution >= 4 is 23.3 Å². The van der Waals surface area contributed by atoms with Crippen LogP contribution in [0.2, 0.25) is 0 Å². The zero-order chi connectivity index (χ0) is 13.0. The van der Waals surface area contributed by atoms with Gasteiger partial charge in [-0.3, -0.25) is 4.79 Å². The zero-order valence-corrected chi connectivity index (χ0v) is 10.6. The van der Waals surface area contributed by atoms with Crippen molar-refractivity contribution in [3.05, 3.63) is 16.6 Å². The number of aliphatic carboxylic acids is 1. The standard InChI is InChI=1S/C11H15N3O3S/c15-9(16)4-11(2-1-3-11)14-10(17)12-5-8-6-18-7-13-8/h6-7H,1-5H2,(H,15,16)(H2,12,14,17). The Morgan fingerprint density at radius 2 is 2.28 bits per heavy atom. The van der Waals surface area contributed by atoms with E-state index in [4.69, 9.17) is 5.11 Å². The summed E-state index contributed by atoms with van der Waals surface area (Å²) in [5.74, 6) is -0.880. The van der Waals surface area contributed by atoms with Gasteiger partial charge in [0.05, 0.1) is 29.7 Å². The first kappa shape index (κ1) is 12.8. The number of amides is 2. The van der Waals surface area contributed by atoms with Crippen molar-refractivity contribution in [2.24, 2.45) is 0 Å². The van der Waals surface area contributed by atoms with E-state index in [1.54, 1.807) is 5.51 Å². The SMILES string of the molecule is O=C(O)CC1(NC(=O)NCc2cscn2)CCC1. The quantitative estimate of drug-likeness (QED) is 0.752. The van der Waals surface area contributed by atoms with Gasteiger partial charge in [-0.05, 0) is 19.3 Å².